The first-order valence-corrected chi connectivity index (χ1v) is 7.94. The molecule has 0 radical (unpaired) electrons. The number of halogens is 2. The van der Waals surface area contributed by atoms with Gasteiger partial charge in [0.15, 0.2) is 0 Å². The Morgan fingerprint density at radius 1 is 1.00 bits per heavy atom. The third-order valence-electron chi connectivity index (χ3n) is 4.00. The molecule has 3 rings (SSSR count). The van der Waals surface area contributed by atoms with E-state index in [1.54, 1.807) is 12.1 Å². The Labute approximate surface area is 152 Å². The molecule has 0 spiro atoms. The Hall–Kier alpha value is -2.14. The standard InChI is InChI=1S/C20H20FNO2.ClH/c1-14(20(23)16-5-3-2-4-6-16)22-13-18-11-12-19(24-18)15-7-9-17(21)10-8-15;/h2-12,14,20,22-23H,13H2,1H3;1H. The highest BCUT2D eigenvalue weighted by atomic mass is 35.5. The molecule has 5 heteroatoms. The van der Waals surface area contributed by atoms with Crippen molar-refractivity contribution < 1.29 is 13.9 Å². The number of aliphatic hydroxyl groups excluding tert-OH is 1. The largest absolute Gasteiger partial charge is 0.460 e. The average molecular weight is 362 g/mol. The van der Waals surface area contributed by atoms with E-state index < -0.39 is 6.10 Å². The van der Waals surface area contributed by atoms with Crippen LogP contribution in [0.15, 0.2) is 71.1 Å². The first-order valence-electron chi connectivity index (χ1n) is 7.94. The van der Waals surface area contributed by atoms with E-state index in [-0.39, 0.29) is 24.3 Å². The van der Waals surface area contributed by atoms with Crippen LogP contribution in [0.1, 0.15) is 24.4 Å². The lowest BCUT2D eigenvalue weighted by Gasteiger charge is -2.20. The number of nitrogens with one attached hydrogen (secondary N) is 1. The van der Waals surface area contributed by atoms with Gasteiger partial charge < -0.3 is 14.8 Å². The first-order chi connectivity index (χ1) is 11.6. The summed E-state index contributed by atoms with van der Waals surface area (Å²) < 4.78 is 18.7. The van der Waals surface area contributed by atoms with Crippen LogP contribution < -0.4 is 5.32 Å². The van der Waals surface area contributed by atoms with Crippen molar-refractivity contribution in [2.75, 3.05) is 0 Å². The molecule has 2 atom stereocenters. The second-order valence-corrected chi connectivity index (χ2v) is 5.80. The van der Waals surface area contributed by atoms with Crippen molar-refractivity contribution in [1.29, 1.82) is 0 Å². The van der Waals surface area contributed by atoms with Crippen LogP contribution in [0.2, 0.25) is 0 Å². The molecule has 0 saturated heterocycles. The van der Waals surface area contributed by atoms with Crippen LogP contribution >= 0.6 is 12.4 Å². The molecule has 3 nitrogen and oxygen atoms in total. The van der Waals surface area contributed by atoms with Gasteiger partial charge in [-0.1, -0.05) is 30.3 Å². The lowest BCUT2D eigenvalue weighted by atomic mass is 10.0. The molecule has 1 heterocycles. The molecular weight excluding hydrogens is 341 g/mol. The molecule has 0 bridgehead atoms. The van der Waals surface area contributed by atoms with Gasteiger partial charge >= 0.3 is 0 Å². The summed E-state index contributed by atoms with van der Waals surface area (Å²) in [5, 5.41) is 13.6. The third-order valence-corrected chi connectivity index (χ3v) is 4.00. The van der Waals surface area contributed by atoms with Crippen molar-refractivity contribution in [1.82, 2.24) is 5.32 Å². The zero-order valence-corrected chi connectivity index (χ0v) is 14.7. The molecule has 0 aliphatic heterocycles. The van der Waals surface area contributed by atoms with Gasteiger partial charge in [-0.05, 0) is 48.9 Å². The predicted molar refractivity (Wildman–Crippen MR) is 99.1 cm³/mol. The molecule has 2 N–H and O–H groups in total. The second kappa shape index (κ2) is 8.81. The highest BCUT2D eigenvalue weighted by Crippen LogP contribution is 2.23. The van der Waals surface area contributed by atoms with Crippen molar-refractivity contribution >= 4 is 12.4 Å². The molecular formula is C20H21ClFNO2. The van der Waals surface area contributed by atoms with E-state index in [9.17, 15) is 9.50 Å². The van der Waals surface area contributed by atoms with Gasteiger partial charge in [-0.3, -0.25) is 0 Å². The predicted octanol–water partition coefficient (Wildman–Crippen LogP) is 4.72. The number of aliphatic hydroxyl groups is 1. The number of benzene rings is 2. The Morgan fingerprint density at radius 3 is 2.36 bits per heavy atom. The van der Waals surface area contributed by atoms with Crippen LogP contribution in [0.25, 0.3) is 11.3 Å². The SMILES string of the molecule is CC(NCc1ccc(-c2ccc(F)cc2)o1)C(O)c1ccccc1.Cl. The summed E-state index contributed by atoms with van der Waals surface area (Å²) in [5.41, 5.74) is 1.71. The number of hydrogen-bond acceptors (Lipinski definition) is 3. The molecule has 0 fully saturated rings. The molecule has 2 aromatic carbocycles. The summed E-state index contributed by atoms with van der Waals surface area (Å²) >= 11 is 0. The number of hydrogen-bond donors (Lipinski definition) is 2. The summed E-state index contributed by atoms with van der Waals surface area (Å²) in [4.78, 5) is 0. The van der Waals surface area contributed by atoms with Gasteiger partial charge in [0, 0.05) is 11.6 Å². The van der Waals surface area contributed by atoms with Gasteiger partial charge in [-0.15, -0.1) is 12.4 Å². The first kappa shape index (κ1) is 19.2. The van der Waals surface area contributed by atoms with E-state index in [1.165, 1.54) is 12.1 Å². The molecule has 0 amide bonds. The average Bonchev–Trinajstić information content (AvgIpc) is 3.09. The minimum Gasteiger partial charge on any atom is -0.460 e. The van der Waals surface area contributed by atoms with Crippen LogP contribution in [0, 0.1) is 5.82 Å². The lowest BCUT2D eigenvalue weighted by Crippen LogP contribution is -2.31. The molecule has 25 heavy (non-hydrogen) atoms. The normalized spacial score (nSPS) is 13.1. The molecule has 1 aromatic heterocycles. The zero-order chi connectivity index (χ0) is 16.9. The maximum Gasteiger partial charge on any atom is 0.134 e. The monoisotopic (exact) mass is 361 g/mol. The van der Waals surface area contributed by atoms with Crippen molar-refractivity contribution in [3.63, 3.8) is 0 Å². The fraction of sp³-hybridized carbons (Fsp3) is 0.200. The van der Waals surface area contributed by atoms with Crippen LogP contribution in [-0.4, -0.2) is 11.1 Å². The Bertz CT molecular complexity index is 774. The summed E-state index contributed by atoms with van der Waals surface area (Å²) in [6, 6.07) is 19.4. The Balaban J connectivity index is 0.00000225. The fourth-order valence-electron chi connectivity index (χ4n) is 2.55. The minimum atomic E-state index is -0.585. The van der Waals surface area contributed by atoms with Crippen molar-refractivity contribution in [3.05, 3.63) is 83.9 Å². The Morgan fingerprint density at radius 2 is 1.68 bits per heavy atom. The molecule has 132 valence electrons. The molecule has 0 aliphatic rings. The van der Waals surface area contributed by atoms with E-state index in [2.05, 4.69) is 5.32 Å². The van der Waals surface area contributed by atoms with Crippen LogP contribution in [0.4, 0.5) is 4.39 Å². The highest BCUT2D eigenvalue weighted by Gasteiger charge is 2.16. The van der Waals surface area contributed by atoms with Crippen molar-refractivity contribution in [2.24, 2.45) is 0 Å². The van der Waals surface area contributed by atoms with E-state index in [0.29, 0.717) is 12.3 Å². The topological polar surface area (TPSA) is 45.4 Å². The summed E-state index contributed by atoms with van der Waals surface area (Å²) in [6.07, 6.45) is -0.585. The maximum atomic E-state index is 13.0. The third kappa shape index (κ3) is 4.92. The second-order valence-electron chi connectivity index (χ2n) is 5.80. The van der Waals surface area contributed by atoms with Gasteiger partial charge in [0.05, 0.1) is 12.6 Å². The van der Waals surface area contributed by atoms with Gasteiger partial charge in [-0.2, -0.15) is 0 Å². The van der Waals surface area contributed by atoms with Crippen LogP contribution in [-0.2, 0) is 6.54 Å². The molecule has 3 aromatic rings. The minimum absolute atomic E-state index is 0. The van der Waals surface area contributed by atoms with Crippen LogP contribution in [0.3, 0.4) is 0 Å². The van der Waals surface area contributed by atoms with Crippen LogP contribution in [0.5, 0.6) is 0 Å². The Kier molecular flexibility index (Phi) is 6.76. The molecule has 0 aliphatic carbocycles. The summed E-state index contributed by atoms with van der Waals surface area (Å²) in [5.74, 6) is 1.19. The van der Waals surface area contributed by atoms with E-state index in [4.69, 9.17) is 4.42 Å². The fourth-order valence-corrected chi connectivity index (χ4v) is 2.55. The van der Waals surface area contributed by atoms with Gasteiger partial charge in [0.2, 0.25) is 0 Å². The zero-order valence-electron chi connectivity index (χ0n) is 13.9. The molecule has 0 saturated carbocycles. The van der Waals surface area contributed by atoms with Gasteiger partial charge in [0.25, 0.3) is 0 Å². The van der Waals surface area contributed by atoms with E-state index in [0.717, 1.165) is 16.9 Å². The highest BCUT2D eigenvalue weighted by molar-refractivity contribution is 5.85. The number of rotatable bonds is 6. The quantitative estimate of drug-likeness (QED) is 0.667. The summed E-state index contributed by atoms with van der Waals surface area (Å²) in [7, 11) is 0. The van der Waals surface area contributed by atoms with Crippen molar-refractivity contribution in [3.8, 4) is 11.3 Å². The van der Waals surface area contributed by atoms with Gasteiger partial charge in [-0.25, -0.2) is 4.39 Å². The summed E-state index contributed by atoms with van der Waals surface area (Å²) in [6.45, 7) is 2.44. The smallest absolute Gasteiger partial charge is 0.134 e. The van der Waals surface area contributed by atoms with Crippen molar-refractivity contribution in [2.45, 2.75) is 25.6 Å². The molecule has 2 unspecified atom stereocenters. The lowest BCUT2D eigenvalue weighted by molar-refractivity contribution is 0.134. The maximum absolute atomic E-state index is 13.0. The number of furan rings is 1. The van der Waals surface area contributed by atoms with Gasteiger partial charge in [0.1, 0.15) is 17.3 Å². The van der Waals surface area contributed by atoms with E-state index in [1.807, 2.05) is 49.4 Å². The van der Waals surface area contributed by atoms with E-state index >= 15 is 0 Å².